The molecule has 2 N–H and O–H groups in total. The predicted octanol–water partition coefficient (Wildman–Crippen LogP) is 1.04. The molecule has 0 aliphatic carbocycles. The van der Waals surface area contributed by atoms with Crippen molar-refractivity contribution in [2.75, 3.05) is 13.2 Å². The molecular weight excluding hydrogens is 288 g/mol. The van der Waals surface area contributed by atoms with Gasteiger partial charge in [0.15, 0.2) is 6.61 Å². The third-order valence-electron chi connectivity index (χ3n) is 2.85. The zero-order valence-electron chi connectivity index (χ0n) is 11.8. The van der Waals surface area contributed by atoms with Crippen LogP contribution in [0.4, 0.5) is 0 Å². The van der Waals surface area contributed by atoms with Crippen LogP contribution in [0.25, 0.3) is 0 Å². The van der Waals surface area contributed by atoms with E-state index in [1.54, 1.807) is 18.2 Å². The maximum atomic E-state index is 11.6. The van der Waals surface area contributed by atoms with E-state index in [0.717, 1.165) is 5.56 Å². The Bertz CT molecular complexity index is 607. The van der Waals surface area contributed by atoms with Crippen molar-refractivity contribution in [3.8, 4) is 5.75 Å². The summed E-state index contributed by atoms with van der Waals surface area (Å²) in [6, 6.07) is 8.72. The zero-order valence-corrected chi connectivity index (χ0v) is 11.8. The van der Waals surface area contributed by atoms with Crippen LogP contribution in [0.15, 0.2) is 41.1 Å². The Hall–Kier alpha value is -2.83. The first-order valence-corrected chi connectivity index (χ1v) is 6.73. The Kier molecular flexibility index (Phi) is 5.53. The topological polar surface area (TPSA) is 102 Å². The third-order valence-corrected chi connectivity index (χ3v) is 2.85. The number of hydrogen-bond donors (Lipinski definition) is 2. The highest BCUT2D eigenvalue weighted by atomic mass is 16.5. The van der Waals surface area contributed by atoms with Crippen LogP contribution in [0.2, 0.25) is 0 Å². The van der Waals surface area contributed by atoms with E-state index >= 15 is 0 Å². The van der Waals surface area contributed by atoms with E-state index in [4.69, 9.17) is 9.84 Å². The molecule has 0 atom stereocenters. The van der Waals surface area contributed by atoms with E-state index in [9.17, 15) is 9.59 Å². The summed E-state index contributed by atoms with van der Waals surface area (Å²) in [7, 11) is 0. The fraction of sp³-hybridized carbons (Fsp3) is 0.267. The molecular formula is C15H16N2O5. The van der Waals surface area contributed by atoms with Crippen molar-refractivity contribution in [2.45, 2.75) is 12.8 Å². The second kappa shape index (κ2) is 7.82. The van der Waals surface area contributed by atoms with Crippen molar-refractivity contribution in [3.63, 3.8) is 0 Å². The minimum absolute atomic E-state index is 0.115. The average molecular weight is 304 g/mol. The summed E-state index contributed by atoms with van der Waals surface area (Å²) in [5.41, 5.74) is 1.61. The Labute approximate surface area is 126 Å². The highest BCUT2D eigenvalue weighted by molar-refractivity contribution is 5.78. The van der Waals surface area contributed by atoms with Gasteiger partial charge in [0.1, 0.15) is 12.0 Å². The number of carbonyl (C=O) groups is 2. The quantitative estimate of drug-likeness (QED) is 0.755. The van der Waals surface area contributed by atoms with E-state index in [1.165, 1.54) is 6.26 Å². The van der Waals surface area contributed by atoms with Crippen molar-refractivity contribution in [3.05, 3.63) is 47.9 Å². The molecule has 116 valence electrons. The average Bonchev–Trinajstić information content (AvgIpc) is 2.99. The first-order valence-electron chi connectivity index (χ1n) is 6.73. The molecule has 0 bridgehead atoms. The normalized spacial score (nSPS) is 10.2. The Morgan fingerprint density at radius 3 is 2.64 bits per heavy atom. The molecule has 7 nitrogen and oxygen atoms in total. The van der Waals surface area contributed by atoms with Gasteiger partial charge in [-0.15, -0.1) is 0 Å². The number of carbonyl (C=O) groups excluding carboxylic acids is 1. The molecule has 1 amide bonds. The fourth-order valence-electron chi connectivity index (χ4n) is 1.80. The Morgan fingerprint density at radius 2 is 2.00 bits per heavy atom. The summed E-state index contributed by atoms with van der Waals surface area (Å²) in [4.78, 5) is 22.0. The third kappa shape index (κ3) is 5.28. The summed E-state index contributed by atoms with van der Waals surface area (Å²) >= 11 is 0. The second-order valence-electron chi connectivity index (χ2n) is 4.59. The Balaban J connectivity index is 1.70. The van der Waals surface area contributed by atoms with Crippen LogP contribution >= 0.6 is 0 Å². The molecule has 0 saturated carbocycles. The second-order valence-corrected chi connectivity index (χ2v) is 4.59. The van der Waals surface area contributed by atoms with Crippen LogP contribution in [0.1, 0.15) is 11.3 Å². The van der Waals surface area contributed by atoms with Gasteiger partial charge in [0, 0.05) is 12.6 Å². The monoisotopic (exact) mass is 304 g/mol. The van der Waals surface area contributed by atoms with Gasteiger partial charge in [-0.2, -0.15) is 0 Å². The number of carboxylic acids is 1. The van der Waals surface area contributed by atoms with Gasteiger partial charge in [0.25, 0.3) is 0 Å². The molecule has 0 saturated heterocycles. The molecule has 0 radical (unpaired) electrons. The van der Waals surface area contributed by atoms with E-state index < -0.39 is 5.97 Å². The van der Waals surface area contributed by atoms with E-state index in [1.807, 2.05) is 12.1 Å². The molecule has 0 spiro atoms. The molecule has 7 heteroatoms. The number of nitrogens with zero attached hydrogens (tertiary/aromatic N) is 1. The number of ether oxygens (including phenoxy) is 1. The minimum Gasteiger partial charge on any atom is -0.482 e. The molecule has 0 fully saturated rings. The zero-order chi connectivity index (χ0) is 15.8. The lowest BCUT2D eigenvalue weighted by Crippen LogP contribution is -2.27. The maximum absolute atomic E-state index is 11.6. The number of nitrogens with one attached hydrogen (secondary N) is 1. The van der Waals surface area contributed by atoms with Gasteiger partial charge in [0.05, 0.1) is 12.1 Å². The van der Waals surface area contributed by atoms with Crippen molar-refractivity contribution in [1.82, 2.24) is 10.5 Å². The summed E-state index contributed by atoms with van der Waals surface area (Å²) < 4.78 is 9.70. The molecule has 1 aromatic carbocycles. The maximum Gasteiger partial charge on any atom is 0.341 e. The lowest BCUT2D eigenvalue weighted by molar-refractivity contribution is -0.139. The number of aliphatic carboxylic acids is 1. The molecule has 22 heavy (non-hydrogen) atoms. The lowest BCUT2D eigenvalue weighted by atomic mass is 10.1. The van der Waals surface area contributed by atoms with Crippen LogP contribution in [0.3, 0.4) is 0 Å². The van der Waals surface area contributed by atoms with E-state index in [2.05, 4.69) is 15.0 Å². The SMILES string of the molecule is O=C(O)COc1ccc(CCNC(=O)Cc2ccon2)cc1. The molecule has 2 rings (SSSR count). The number of aromatic nitrogens is 1. The molecule has 1 aromatic heterocycles. The number of rotatable bonds is 8. The predicted molar refractivity (Wildman–Crippen MR) is 76.5 cm³/mol. The van der Waals surface area contributed by atoms with Crippen molar-refractivity contribution >= 4 is 11.9 Å². The van der Waals surface area contributed by atoms with Crippen LogP contribution < -0.4 is 10.1 Å². The van der Waals surface area contributed by atoms with Crippen LogP contribution in [-0.4, -0.2) is 35.3 Å². The molecule has 0 aliphatic rings. The van der Waals surface area contributed by atoms with Gasteiger partial charge in [0.2, 0.25) is 5.91 Å². The number of benzene rings is 1. The van der Waals surface area contributed by atoms with Crippen LogP contribution in [-0.2, 0) is 22.4 Å². The highest BCUT2D eigenvalue weighted by Crippen LogP contribution is 2.12. The van der Waals surface area contributed by atoms with E-state index in [0.29, 0.717) is 24.4 Å². The smallest absolute Gasteiger partial charge is 0.341 e. The van der Waals surface area contributed by atoms with Crippen molar-refractivity contribution in [1.29, 1.82) is 0 Å². The van der Waals surface area contributed by atoms with Gasteiger partial charge in [-0.1, -0.05) is 17.3 Å². The van der Waals surface area contributed by atoms with Crippen molar-refractivity contribution < 1.29 is 24.0 Å². The van der Waals surface area contributed by atoms with Gasteiger partial charge in [-0.25, -0.2) is 4.79 Å². The summed E-state index contributed by atoms with van der Waals surface area (Å²) in [6.45, 7) is 0.142. The minimum atomic E-state index is -1.01. The standard InChI is InChI=1S/C15H16N2O5/c18-14(9-12-6-8-22-17-12)16-7-5-11-1-3-13(4-2-11)21-10-15(19)20/h1-4,6,8H,5,7,9-10H2,(H,16,18)(H,19,20). The summed E-state index contributed by atoms with van der Waals surface area (Å²) in [5, 5.41) is 15.0. The largest absolute Gasteiger partial charge is 0.482 e. The van der Waals surface area contributed by atoms with E-state index in [-0.39, 0.29) is 18.9 Å². The molecule has 1 heterocycles. The van der Waals surface area contributed by atoms with Gasteiger partial charge < -0.3 is 19.7 Å². The van der Waals surface area contributed by atoms with Gasteiger partial charge in [-0.05, 0) is 24.1 Å². The number of hydrogen-bond acceptors (Lipinski definition) is 5. The summed E-state index contributed by atoms with van der Waals surface area (Å²) in [5.74, 6) is -0.629. The first-order chi connectivity index (χ1) is 10.6. The first kappa shape index (κ1) is 15.6. The summed E-state index contributed by atoms with van der Waals surface area (Å²) in [6.07, 6.45) is 2.29. The molecule has 0 aliphatic heterocycles. The highest BCUT2D eigenvalue weighted by Gasteiger charge is 2.05. The Morgan fingerprint density at radius 1 is 1.23 bits per heavy atom. The van der Waals surface area contributed by atoms with Gasteiger partial charge >= 0.3 is 5.97 Å². The fourth-order valence-corrected chi connectivity index (χ4v) is 1.80. The lowest BCUT2D eigenvalue weighted by Gasteiger charge is -2.06. The molecule has 0 unspecified atom stereocenters. The van der Waals surface area contributed by atoms with Crippen LogP contribution in [0.5, 0.6) is 5.75 Å². The van der Waals surface area contributed by atoms with Gasteiger partial charge in [-0.3, -0.25) is 4.79 Å². The van der Waals surface area contributed by atoms with Crippen LogP contribution in [0, 0.1) is 0 Å². The number of amides is 1. The van der Waals surface area contributed by atoms with Crippen molar-refractivity contribution in [2.24, 2.45) is 0 Å². The number of carboxylic acid groups (broad SMARTS) is 1. The molecule has 2 aromatic rings.